The predicted octanol–water partition coefficient (Wildman–Crippen LogP) is 6.49. The molecule has 0 unspecified atom stereocenters. The highest BCUT2D eigenvalue weighted by atomic mass is 35.5. The number of halogens is 1. The summed E-state index contributed by atoms with van der Waals surface area (Å²) in [6.07, 6.45) is 2.96. The zero-order valence-corrected chi connectivity index (χ0v) is 23.3. The van der Waals surface area contributed by atoms with E-state index in [0.29, 0.717) is 52.4 Å². The van der Waals surface area contributed by atoms with Crippen LogP contribution in [0.25, 0.3) is 11.1 Å². The van der Waals surface area contributed by atoms with E-state index in [1.54, 1.807) is 54.7 Å². The van der Waals surface area contributed by atoms with Crippen molar-refractivity contribution in [1.82, 2.24) is 10.3 Å². The van der Waals surface area contributed by atoms with Gasteiger partial charge in [-0.05, 0) is 82.5 Å². The number of carbonyl (C=O) groups excluding carboxylic acids is 2. The second-order valence-corrected chi connectivity index (χ2v) is 11.3. The van der Waals surface area contributed by atoms with Gasteiger partial charge in [0.1, 0.15) is 28.9 Å². The number of hydrogen-bond donors (Lipinski definition) is 2. The van der Waals surface area contributed by atoms with Crippen molar-refractivity contribution in [3.63, 3.8) is 0 Å². The molecule has 202 valence electrons. The maximum absolute atomic E-state index is 13.0. The lowest BCUT2D eigenvalue weighted by molar-refractivity contribution is -0.162. The van der Waals surface area contributed by atoms with Gasteiger partial charge in [0.05, 0.1) is 16.2 Å². The number of hydrogen-bond acceptors (Lipinski definition) is 6. The fraction of sp³-hybridized carbons (Fsp3) is 0.333. The second kappa shape index (κ2) is 11.0. The summed E-state index contributed by atoms with van der Waals surface area (Å²) in [5.41, 5.74) is 1.31. The number of amides is 2. The number of anilines is 1. The van der Waals surface area contributed by atoms with E-state index in [1.165, 1.54) is 6.92 Å². The van der Waals surface area contributed by atoms with Gasteiger partial charge in [-0.3, -0.25) is 9.59 Å². The second-order valence-electron chi connectivity index (χ2n) is 10.8. The third-order valence-electron chi connectivity index (χ3n) is 6.29. The van der Waals surface area contributed by atoms with Crippen LogP contribution in [0.1, 0.15) is 63.4 Å². The van der Waals surface area contributed by atoms with Crippen LogP contribution in [0.3, 0.4) is 0 Å². The zero-order valence-electron chi connectivity index (χ0n) is 22.6. The molecule has 0 aliphatic carbocycles. The minimum atomic E-state index is -0.343. The number of pyridine rings is 1. The van der Waals surface area contributed by atoms with Crippen molar-refractivity contribution in [1.29, 1.82) is 5.26 Å². The fourth-order valence-corrected chi connectivity index (χ4v) is 5.34. The van der Waals surface area contributed by atoms with Crippen LogP contribution in [-0.4, -0.2) is 34.0 Å². The Hall–Kier alpha value is -3.93. The summed E-state index contributed by atoms with van der Waals surface area (Å²) < 4.78 is 12.2. The highest BCUT2D eigenvalue weighted by Crippen LogP contribution is 2.37. The molecule has 9 heteroatoms. The lowest BCUT2D eigenvalue weighted by atomic mass is 9.85. The van der Waals surface area contributed by atoms with E-state index in [2.05, 4.69) is 21.7 Å². The molecule has 8 nitrogen and oxygen atoms in total. The van der Waals surface area contributed by atoms with Gasteiger partial charge in [-0.25, -0.2) is 4.98 Å². The van der Waals surface area contributed by atoms with Gasteiger partial charge in [-0.1, -0.05) is 23.7 Å². The van der Waals surface area contributed by atoms with Crippen LogP contribution in [0.5, 0.6) is 11.5 Å². The smallest absolute Gasteiger partial charge is 0.251 e. The van der Waals surface area contributed by atoms with E-state index < -0.39 is 0 Å². The fourth-order valence-electron chi connectivity index (χ4n) is 5.12. The highest BCUT2D eigenvalue weighted by Gasteiger charge is 2.39. The monoisotopic (exact) mass is 546 g/mol. The van der Waals surface area contributed by atoms with Gasteiger partial charge in [0.25, 0.3) is 5.91 Å². The molecule has 1 saturated heterocycles. The van der Waals surface area contributed by atoms with Crippen molar-refractivity contribution in [2.45, 2.75) is 64.7 Å². The average molecular weight is 547 g/mol. The third kappa shape index (κ3) is 6.94. The molecule has 3 aromatic rings. The first kappa shape index (κ1) is 28.1. The number of rotatable bonds is 6. The summed E-state index contributed by atoms with van der Waals surface area (Å²) >= 11 is 6.52. The summed E-state index contributed by atoms with van der Waals surface area (Å²) in [5.74, 6) is 0.515. The quantitative estimate of drug-likeness (QED) is 0.365. The van der Waals surface area contributed by atoms with Crippen LogP contribution in [0, 0.1) is 11.3 Å². The van der Waals surface area contributed by atoms with Crippen LogP contribution in [0.15, 0.2) is 54.7 Å². The first-order chi connectivity index (χ1) is 18.4. The Morgan fingerprint density at radius 1 is 1.08 bits per heavy atom. The maximum atomic E-state index is 13.0. The first-order valence-corrected chi connectivity index (χ1v) is 13.0. The van der Waals surface area contributed by atoms with Crippen LogP contribution in [0.2, 0.25) is 5.02 Å². The highest BCUT2D eigenvalue weighted by molar-refractivity contribution is 6.32. The van der Waals surface area contributed by atoms with Gasteiger partial charge in [0.2, 0.25) is 5.91 Å². The first-order valence-electron chi connectivity index (χ1n) is 12.6. The lowest BCUT2D eigenvalue weighted by Gasteiger charge is -2.45. The number of benzene rings is 2. The van der Waals surface area contributed by atoms with Crippen molar-refractivity contribution in [3.8, 4) is 28.7 Å². The summed E-state index contributed by atoms with van der Waals surface area (Å²) in [7, 11) is 0. The Morgan fingerprint density at radius 2 is 1.79 bits per heavy atom. The van der Waals surface area contributed by atoms with Crippen molar-refractivity contribution in [3.05, 3.63) is 70.9 Å². The molecule has 1 aliphatic heterocycles. The number of nitriles is 1. The molecule has 0 bridgehead atoms. The van der Waals surface area contributed by atoms with Gasteiger partial charge in [-0.2, -0.15) is 5.26 Å². The largest absolute Gasteiger partial charge is 0.454 e. The van der Waals surface area contributed by atoms with Crippen LogP contribution in [0.4, 0.5) is 5.82 Å². The molecule has 2 amide bonds. The summed E-state index contributed by atoms with van der Waals surface area (Å²) in [5, 5.41) is 15.9. The molecule has 1 aromatic heterocycles. The van der Waals surface area contributed by atoms with Gasteiger partial charge in [0.15, 0.2) is 0 Å². The molecular formula is C30H31ClN4O4. The van der Waals surface area contributed by atoms with E-state index in [4.69, 9.17) is 21.1 Å². The minimum Gasteiger partial charge on any atom is -0.454 e. The summed E-state index contributed by atoms with van der Waals surface area (Å²) in [6.45, 7) is 9.50. The van der Waals surface area contributed by atoms with E-state index in [-0.39, 0.29) is 34.1 Å². The van der Waals surface area contributed by atoms with Crippen LogP contribution < -0.4 is 15.4 Å². The molecule has 2 heterocycles. The van der Waals surface area contributed by atoms with Gasteiger partial charge in [-0.15, -0.1) is 0 Å². The minimum absolute atomic E-state index is 0.0359. The molecule has 1 fully saturated rings. The Kier molecular flexibility index (Phi) is 7.96. The van der Waals surface area contributed by atoms with Crippen molar-refractivity contribution >= 4 is 29.2 Å². The predicted molar refractivity (Wildman–Crippen MR) is 150 cm³/mol. The molecule has 4 rings (SSSR count). The number of aromatic nitrogens is 1. The Balaban J connectivity index is 1.54. The zero-order chi connectivity index (χ0) is 28.4. The molecular weight excluding hydrogens is 516 g/mol. The van der Waals surface area contributed by atoms with Gasteiger partial charge >= 0.3 is 0 Å². The maximum Gasteiger partial charge on any atom is 0.251 e. The molecule has 0 atom stereocenters. The Morgan fingerprint density at radius 3 is 2.44 bits per heavy atom. The standard InChI is InChI=1S/C30H31ClN4O4/c1-18(36)34-27-14-19(11-12-33-27)22-7-6-8-25(23(22)17-32)38-26-10-9-20(13-24(26)31)28(37)35-21-15-29(2,3)39-30(4,5)16-21/h6-14,21H,15-16H2,1-5H3,(H,35,37)(H,33,34,36). The SMILES string of the molecule is CC(=O)Nc1cc(-c2cccc(Oc3ccc(C(=O)NC4CC(C)(C)OC(C)(C)C4)cc3Cl)c2C#N)ccn1. The van der Waals surface area contributed by atoms with E-state index >= 15 is 0 Å². The normalized spacial score (nSPS) is 16.1. The van der Waals surface area contributed by atoms with Gasteiger partial charge in [0, 0.05) is 30.3 Å². The lowest BCUT2D eigenvalue weighted by Crippen LogP contribution is -2.52. The van der Waals surface area contributed by atoms with Crippen molar-refractivity contribution in [2.75, 3.05) is 5.32 Å². The van der Waals surface area contributed by atoms with Crippen molar-refractivity contribution < 1.29 is 19.1 Å². The number of ether oxygens (including phenoxy) is 2. The molecule has 0 saturated carbocycles. The third-order valence-corrected chi connectivity index (χ3v) is 6.59. The number of carbonyl (C=O) groups is 2. The molecule has 2 aromatic carbocycles. The number of nitrogens with zero attached hydrogens (tertiary/aromatic N) is 2. The Labute approximate surface area is 233 Å². The van der Waals surface area contributed by atoms with Crippen LogP contribution >= 0.6 is 11.6 Å². The average Bonchev–Trinajstić information content (AvgIpc) is 2.82. The van der Waals surface area contributed by atoms with Crippen molar-refractivity contribution in [2.24, 2.45) is 0 Å². The van der Waals surface area contributed by atoms with Crippen LogP contribution in [-0.2, 0) is 9.53 Å². The molecule has 1 aliphatic rings. The molecule has 2 N–H and O–H groups in total. The van der Waals surface area contributed by atoms with Gasteiger partial charge < -0.3 is 20.1 Å². The number of nitrogens with one attached hydrogen (secondary N) is 2. The van der Waals surface area contributed by atoms with E-state index in [1.807, 2.05) is 27.7 Å². The molecule has 0 spiro atoms. The topological polar surface area (TPSA) is 113 Å². The Bertz CT molecular complexity index is 1450. The van der Waals surface area contributed by atoms with E-state index in [9.17, 15) is 14.9 Å². The summed E-state index contributed by atoms with van der Waals surface area (Å²) in [6, 6.07) is 15.6. The molecule has 39 heavy (non-hydrogen) atoms. The van der Waals surface area contributed by atoms with E-state index in [0.717, 1.165) is 0 Å². The molecule has 0 radical (unpaired) electrons. The summed E-state index contributed by atoms with van der Waals surface area (Å²) in [4.78, 5) is 28.6.